The van der Waals surface area contributed by atoms with Crippen LogP contribution in [0.1, 0.15) is 0 Å². The van der Waals surface area contributed by atoms with E-state index in [1.165, 1.54) is 54.6 Å². The molecule has 0 atom stereocenters. The molecule has 0 spiro atoms. The van der Waals surface area contributed by atoms with Gasteiger partial charge in [0.15, 0.2) is 17.2 Å². The molecule has 0 radical (unpaired) electrons. The molecule has 0 heterocycles. The Morgan fingerprint density at radius 2 is 0.590 bits per heavy atom. The first-order valence-corrected chi connectivity index (χ1v) is 14.6. The lowest BCUT2D eigenvalue weighted by molar-refractivity contribution is 0.368. The number of benzene rings is 4. The summed E-state index contributed by atoms with van der Waals surface area (Å²) in [6.45, 7) is 0. The minimum absolute atomic E-state index is 0.0741. The van der Waals surface area contributed by atoms with Crippen LogP contribution in [0.2, 0.25) is 0 Å². The zero-order valence-corrected chi connectivity index (χ0v) is 22.2. The molecule has 4 rings (SSSR count). The molecule has 0 saturated heterocycles. The fourth-order valence-corrected chi connectivity index (χ4v) is 3.80. The molecule has 0 amide bonds. The lowest BCUT2D eigenvalue weighted by Crippen LogP contribution is -1.96. The van der Waals surface area contributed by atoms with Gasteiger partial charge in [-0.25, -0.2) is 0 Å². The van der Waals surface area contributed by atoms with Gasteiger partial charge in [0.1, 0.15) is 0 Å². The Morgan fingerprint density at radius 3 is 0.744 bits per heavy atom. The van der Waals surface area contributed by atoms with E-state index in [9.17, 15) is 25.3 Å². The maximum absolute atomic E-state index is 10.4. The van der Waals surface area contributed by atoms with Crippen molar-refractivity contribution < 1.29 is 54.2 Å². The highest BCUT2D eigenvalue weighted by atomic mass is 32.2. The van der Waals surface area contributed by atoms with Gasteiger partial charge in [0, 0.05) is 0 Å². The number of phenols is 3. The lowest BCUT2D eigenvalue weighted by atomic mass is 10.3. The fourth-order valence-electron chi connectivity index (χ4n) is 2.30. The van der Waals surface area contributed by atoms with Crippen LogP contribution in [0.3, 0.4) is 0 Å². The number of hydrogen-bond acceptors (Lipinski definition) is 9. The molecule has 4 aromatic carbocycles. The van der Waals surface area contributed by atoms with Crippen molar-refractivity contribution in [3.63, 3.8) is 0 Å². The van der Waals surface area contributed by atoms with Gasteiger partial charge in [-0.15, -0.1) is 0 Å². The zero-order chi connectivity index (χ0) is 29.7. The van der Waals surface area contributed by atoms with Crippen LogP contribution in [-0.2, 0) is 30.4 Å². The van der Waals surface area contributed by atoms with Crippen molar-refractivity contribution >= 4 is 30.4 Å². The minimum Gasteiger partial charge on any atom is -0.504 e. The predicted molar refractivity (Wildman–Crippen MR) is 140 cm³/mol. The first-order chi connectivity index (χ1) is 18.0. The number of hydrogen-bond donors (Lipinski definition) is 6. The topological polar surface area (TPSA) is 224 Å². The van der Waals surface area contributed by atoms with Crippen molar-refractivity contribution in [3.8, 4) is 17.2 Å². The van der Waals surface area contributed by atoms with E-state index in [4.69, 9.17) is 29.0 Å². The van der Waals surface area contributed by atoms with Crippen molar-refractivity contribution in [2.45, 2.75) is 14.7 Å². The second-order valence-electron chi connectivity index (χ2n) is 7.01. The normalized spacial score (nSPS) is 10.8. The average Bonchev–Trinajstić information content (AvgIpc) is 2.89. The summed E-state index contributed by atoms with van der Waals surface area (Å²) in [4.78, 5) is -0.222. The van der Waals surface area contributed by atoms with E-state index < -0.39 is 36.1 Å². The fraction of sp³-hybridized carbons (Fsp3) is 0. The quantitative estimate of drug-likeness (QED) is 0.147. The molecule has 210 valence electrons. The standard InChI is InChI=1S/3C6H6O3S.C6H6O3/c3*7-10(8,9)6-4-2-1-3-5-6;7-4-2-1-3-5(8)6(4)9/h3*1-5H,(H,7,8,9);1-3,7-9H. The van der Waals surface area contributed by atoms with Crippen molar-refractivity contribution in [1.82, 2.24) is 0 Å². The van der Waals surface area contributed by atoms with Crippen LogP contribution in [0.4, 0.5) is 0 Å². The number of para-hydroxylation sites is 1. The molecule has 0 aromatic heterocycles. The van der Waals surface area contributed by atoms with Crippen LogP contribution in [0.5, 0.6) is 17.2 Å². The minimum atomic E-state index is -4.00. The Kier molecular flexibility index (Phi) is 12.6. The van der Waals surface area contributed by atoms with Gasteiger partial charge >= 0.3 is 0 Å². The highest BCUT2D eigenvalue weighted by Gasteiger charge is 2.07. The van der Waals surface area contributed by atoms with Gasteiger partial charge in [-0.1, -0.05) is 60.7 Å². The third-order valence-corrected chi connectivity index (χ3v) is 6.72. The molecule has 39 heavy (non-hydrogen) atoms. The van der Waals surface area contributed by atoms with Crippen molar-refractivity contribution in [2.24, 2.45) is 0 Å². The van der Waals surface area contributed by atoms with E-state index in [2.05, 4.69) is 0 Å². The second kappa shape index (κ2) is 14.8. The summed E-state index contributed by atoms with van der Waals surface area (Å²) in [6.07, 6.45) is 0. The molecule has 0 aliphatic rings. The smallest absolute Gasteiger partial charge is 0.294 e. The zero-order valence-electron chi connectivity index (χ0n) is 19.7. The van der Waals surface area contributed by atoms with Gasteiger partial charge < -0.3 is 15.3 Å². The molecule has 4 aromatic rings. The SMILES string of the molecule is O=S(=O)(O)c1ccccc1.O=S(=O)(O)c1ccccc1.O=S(=O)(O)c1ccccc1.Oc1cccc(O)c1O. The van der Waals surface area contributed by atoms with E-state index >= 15 is 0 Å². The number of rotatable bonds is 3. The summed E-state index contributed by atoms with van der Waals surface area (Å²) >= 11 is 0. The Bertz CT molecular complexity index is 1440. The predicted octanol–water partition coefficient (Wildman–Crippen LogP) is 3.60. The third-order valence-electron chi connectivity index (χ3n) is 4.12. The number of phenolic OH excluding ortho intramolecular Hbond substituents is 3. The Labute approximate surface area is 225 Å². The molecule has 0 aliphatic heterocycles. The summed E-state index contributed by atoms with van der Waals surface area (Å²) in [5.41, 5.74) is 0. The molecule has 0 saturated carbocycles. The molecular weight excluding hydrogens is 576 g/mol. The van der Waals surface area contributed by atoms with Crippen LogP contribution in [0.15, 0.2) is 124 Å². The molecule has 15 heteroatoms. The summed E-state index contributed by atoms with van der Waals surface area (Å²) in [6, 6.07) is 26.3. The van der Waals surface area contributed by atoms with Crippen molar-refractivity contribution in [2.75, 3.05) is 0 Å². The van der Waals surface area contributed by atoms with Crippen molar-refractivity contribution in [1.29, 1.82) is 0 Å². The van der Waals surface area contributed by atoms with Crippen LogP contribution < -0.4 is 0 Å². The highest BCUT2D eigenvalue weighted by molar-refractivity contribution is 7.86. The number of aromatic hydroxyl groups is 3. The van der Waals surface area contributed by atoms with Gasteiger partial charge in [0.2, 0.25) is 0 Å². The van der Waals surface area contributed by atoms with Gasteiger partial charge in [0.05, 0.1) is 14.7 Å². The second-order valence-corrected chi connectivity index (χ2v) is 11.3. The van der Waals surface area contributed by atoms with E-state index in [0.29, 0.717) is 0 Å². The van der Waals surface area contributed by atoms with Crippen LogP contribution in [0.25, 0.3) is 0 Å². The molecule has 0 bridgehead atoms. The van der Waals surface area contributed by atoms with Gasteiger partial charge in [-0.2, -0.15) is 25.3 Å². The molecule has 0 aliphatic carbocycles. The van der Waals surface area contributed by atoms with E-state index in [1.807, 2.05) is 0 Å². The third kappa shape index (κ3) is 12.9. The van der Waals surface area contributed by atoms with Gasteiger partial charge in [-0.3, -0.25) is 13.7 Å². The monoisotopic (exact) mass is 600 g/mol. The lowest BCUT2D eigenvalue weighted by Gasteiger charge is -1.96. The average molecular weight is 601 g/mol. The Morgan fingerprint density at radius 1 is 0.359 bits per heavy atom. The first-order valence-electron chi connectivity index (χ1n) is 10.3. The van der Waals surface area contributed by atoms with Crippen LogP contribution in [-0.4, -0.2) is 54.2 Å². The van der Waals surface area contributed by atoms with Gasteiger partial charge in [-0.05, 0) is 48.5 Å². The van der Waals surface area contributed by atoms with E-state index in [0.717, 1.165) is 0 Å². The molecule has 6 N–H and O–H groups in total. The molecule has 0 unspecified atom stereocenters. The highest BCUT2D eigenvalue weighted by Crippen LogP contribution is 2.32. The maximum atomic E-state index is 10.4. The Hall–Kier alpha value is -3.99. The maximum Gasteiger partial charge on any atom is 0.294 e. The summed E-state index contributed by atoms with van der Waals surface area (Å²) < 4.78 is 87.7. The Balaban J connectivity index is 0.000000260. The van der Waals surface area contributed by atoms with E-state index in [-0.39, 0.29) is 26.2 Å². The summed E-state index contributed by atoms with van der Waals surface area (Å²) in [7, 11) is -12.0. The molecule has 12 nitrogen and oxygen atoms in total. The first kappa shape index (κ1) is 33.0. The van der Waals surface area contributed by atoms with Crippen molar-refractivity contribution in [3.05, 3.63) is 109 Å². The van der Waals surface area contributed by atoms with Crippen LogP contribution >= 0.6 is 0 Å². The molecular formula is C24H24O12S3. The van der Waals surface area contributed by atoms with Crippen LogP contribution in [0, 0.1) is 0 Å². The largest absolute Gasteiger partial charge is 0.504 e. The molecule has 0 fully saturated rings. The van der Waals surface area contributed by atoms with Gasteiger partial charge in [0.25, 0.3) is 30.4 Å². The summed E-state index contributed by atoms with van der Waals surface area (Å²) in [5, 5.41) is 26.1. The van der Waals surface area contributed by atoms with E-state index in [1.54, 1.807) is 54.6 Å². The summed E-state index contributed by atoms with van der Waals surface area (Å²) in [5.74, 6) is -1.09.